The van der Waals surface area contributed by atoms with Gasteiger partial charge in [0.05, 0.1) is 25.5 Å². The third-order valence-corrected chi connectivity index (χ3v) is 4.41. The number of hydrogen-bond donors (Lipinski definition) is 2. The maximum absolute atomic E-state index is 11.9. The summed E-state index contributed by atoms with van der Waals surface area (Å²) in [6, 6.07) is 12.7. The predicted octanol–water partition coefficient (Wildman–Crippen LogP) is 4.57. The Balaban J connectivity index is 1.57. The Morgan fingerprint density at radius 1 is 1.19 bits per heavy atom. The number of rotatable bonds is 6. The van der Waals surface area contributed by atoms with Gasteiger partial charge >= 0.3 is 6.03 Å². The summed E-state index contributed by atoms with van der Waals surface area (Å²) in [6.07, 6.45) is 1.54. The lowest BCUT2D eigenvalue weighted by molar-refractivity contribution is 0.252. The number of nitrogens with zero attached hydrogens (tertiary/aromatic N) is 1. The summed E-state index contributed by atoms with van der Waals surface area (Å²) >= 11 is 1.60. The number of urea groups is 1. The lowest BCUT2D eigenvalue weighted by atomic mass is 10.2. The minimum atomic E-state index is -0.283. The summed E-state index contributed by atoms with van der Waals surface area (Å²) in [5.74, 6) is 1.64. The van der Waals surface area contributed by atoms with Gasteiger partial charge in [-0.05, 0) is 42.1 Å². The minimum absolute atomic E-state index is 0.283. The van der Waals surface area contributed by atoms with Gasteiger partial charge in [-0.2, -0.15) is 0 Å². The predicted molar refractivity (Wildman–Crippen MR) is 102 cm³/mol. The van der Waals surface area contributed by atoms with Gasteiger partial charge in [-0.25, -0.2) is 9.78 Å². The van der Waals surface area contributed by atoms with Crippen molar-refractivity contribution < 1.29 is 14.3 Å². The number of aryl methyl sites for hydroxylation is 1. The highest BCUT2D eigenvalue weighted by Crippen LogP contribution is 2.31. The molecule has 0 saturated carbocycles. The van der Waals surface area contributed by atoms with Crippen LogP contribution in [0.2, 0.25) is 0 Å². The average molecular weight is 369 g/mol. The number of hydrogen-bond acceptors (Lipinski definition) is 5. The fraction of sp³-hybridized carbons (Fsp3) is 0.158. The van der Waals surface area contributed by atoms with E-state index in [2.05, 4.69) is 15.6 Å². The molecule has 26 heavy (non-hydrogen) atoms. The molecule has 1 aromatic carbocycles. The molecule has 0 aliphatic heterocycles. The highest BCUT2D eigenvalue weighted by Gasteiger charge is 2.08. The van der Waals surface area contributed by atoms with Gasteiger partial charge in [0.15, 0.2) is 11.5 Å². The van der Waals surface area contributed by atoms with Crippen LogP contribution in [0, 0.1) is 6.92 Å². The second-order valence-corrected chi connectivity index (χ2v) is 6.56. The maximum atomic E-state index is 11.9. The number of aromatic nitrogens is 1. The molecule has 0 aliphatic rings. The Labute approximate surface area is 155 Å². The monoisotopic (exact) mass is 369 g/mol. The summed E-state index contributed by atoms with van der Waals surface area (Å²) in [4.78, 5) is 17.2. The molecule has 6 nitrogen and oxygen atoms in total. The molecule has 0 atom stereocenters. The molecule has 7 heteroatoms. The van der Waals surface area contributed by atoms with E-state index >= 15 is 0 Å². The van der Waals surface area contributed by atoms with Crippen LogP contribution < -0.4 is 20.1 Å². The van der Waals surface area contributed by atoms with E-state index in [0.29, 0.717) is 29.6 Å². The molecule has 0 fully saturated rings. The van der Waals surface area contributed by atoms with Crippen molar-refractivity contribution in [3.63, 3.8) is 0 Å². The van der Waals surface area contributed by atoms with Gasteiger partial charge in [-0.3, -0.25) is 0 Å². The Morgan fingerprint density at radius 2 is 2.08 bits per heavy atom. The quantitative estimate of drug-likeness (QED) is 0.667. The zero-order valence-electron chi connectivity index (χ0n) is 14.5. The first-order chi connectivity index (χ1) is 12.6. The van der Waals surface area contributed by atoms with Crippen LogP contribution >= 0.6 is 11.3 Å². The number of amides is 2. The van der Waals surface area contributed by atoms with Crippen LogP contribution in [0.25, 0.3) is 0 Å². The van der Waals surface area contributed by atoms with E-state index in [1.165, 1.54) is 0 Å². The number of ether oxygens (including phenoxy) is 2. The van der Waals surface area contributed by atoms with Crippen molar-refractivity contribution in [2.45, 2.75) is 13.5 Å². The van der Waals surface area contributed by atoms with Gasteiger partial charge in [0.1, 0.15) is 0 Å². The molecule has 2 aromatic heterocycles. The summed E-state index contributed by atoms with van der Waals surface area (Å²) < 4.78 is 11.1. The van der Waals surface area contributed by atoms with Gasteiger partial charge in [0.2, 0.25) is 5.88 Å². The van der Waals surface area contributed by atoms with Gasteiger partial charge < -0.3 is 20.1 Å². The average Bonchev–Trinajstić information content (AvgIpc) is 3.16. The number of thiophene rings is 1. The fourth-order valence-corrected chi connectivity index (χ4v) is 2.89. The second kappa shape index (κ2) is 8.35. The molecule has 2 heterocycles. The van der Waals surface area contributed by atoms with Crippen molar-refractivity contribution in [2.75, 3.05) is 12.4 Å². The Kier molecular flexibility index (Phi) is 5.70. The Morgan fingerprint density at radius 3 is 2.77 bits per heavy atom. The molecule has 3 rings (SSSR count). The first-order valence-electron chi connectivity index (χ1n) is 8.00. The van der Waals surface area contributed by atoms with Crippen molar-refractivity contribution in [3.8, 4) is 17.4 Å². The Bertz CT molecular complexity index is 864. The highest BCUT2D eigenvalue weighted by molar-refractivity contribution is 7.09. The van der Waals surface area contributed by atoms with Crippen LogP contribution in [0.1, 0.15) is 10.4 Å². The van der Waals surface area contributed by atoms with Crippen molar-refractivity contribution in [1.82, 2.24) is 10.3 Å². The number of anilines is 1. The van der Waals surface area contributed by atoms with Gasteiger partial charge in [0, 0.05) is 10.9 Å². The van der Waals surface area contributed by atoms with Crippen LogP contribution in [0.5, 0.6) is 17.4 Å². The molecule has 0 bridgehead atoms. The largest absolute Gasteiger partial charge is 0.493 e. The molecule has 0 aliphatic carbocycles. The summed E-state index contributed by atoms with van der Waals surface area (Å²) in [5, 5.41) is 7.50. The third-order valence-electron chi connectivity index (χ3n) is 3.53. The lowest BCUT2D eigenvalue weighted by Gasteiger charge is -2.11. The molecule has 2 N–H and O–H groups in total. The van der Waals surface area contributed by atoms with Crippen molar-refractivity contribution >= 4 is 23.1 Å². The number of carbonyl (C=O) groups is 1. The normalized spacial score (nSPS) is 10.2. The smallest absolute Gasteiger partial charge is 0.319 e. The van der Waals surface area contributed by atoms with E-state index in [4.69, 9.17) is 9.47 Å². The zero-order valence-corrected chi connectivity index (χ0v) is 15.3. The van der Waals surface area contributed by atoms with Crippen molar-refractivity contribution in [1.29, 1.82) is 0 Å². The number of benzene rings is 1. The van der Waals surface area contributed by atoms with E-state index in [9.17, 15) is 4.79 Å². The SMILES string of the molecule is COc1cc(C)ccc1Oc1ccc(NC(=O)NCc2cccs2)cn1. The van der Waals surface area contributed by atoms with E-state index in [1.54, 1.807) is 36.8 Å². The van der Waals surface area contributed by atoms with Gasteiger partial charge in [-0.15, -0.1) is 11.3 Å². The lowest BCUT2D eigenvalue weighted by Crippen LogP contribution is -2.27. The van der Waals surface area contributed by atoms with Crippen molar-refractivity contribution in [2.24, 2.45) is 0 Å². The second-order valence-electron chi connectivity index (χ2n) is 5.53. The Hall–Kier alpha value is -3.06. The molecular formula is C19H19N3O3S. The molecule has 3 aromatic rings. The highest BCUT2D eigenvalue weighted by atomic mass is 32.1. The number of methoxy groups -OCH3 is 1. The van der Waals surface area contributed by atoms with Crippen LogP contribution in [0.4, 0.5) is 10.5 Å². The molecule has 0 unspecified atom stereocenters. The van der Waals surface area contributed by atoms with Gasteiger partial charge in [-0.1, -0.05) is 12.1 Å². The fourth-order valence-electron chi connectivity index (χ4n) is 2.24. The number of nitrogens with one attached hydrogen (secondary N) is 2. The van der Waals surface area contributed by atoms with Crippen LogP contribution in [0.15, 0.2) is 54.0 Å². The zero-order chi connectivity index (χ0) is 18.4. The summed E-state index contributed by atoms with van der Waals surface area (Å²) in [5.41, 5.74) is 1.66. The molecule has 0 radical (unpaired) electrons. The molecule has 2 amide bonds. The van der Waals surface area contributed by atoms with Crippen LogP contribution in [0.3, 0.4) is 0 Å². The topological polar surface area (TPSA) is 72.5 Å². The molecule has 0 saturated heterocycles. The van der Waals surface area contributed by atoms with Crippen LogP contribution in [-0.2, 0) is 6.54 Å². The van der Waals surface area contributed by atoms with E-state index in [-0.39, 0.29) is 6.03 Å². The van der Waals surface area contributed by atoms with Crippen molar-refractivity contribution in [3.05, 3.63) is 64.5 Å². The van der Waals surface area contributed by atoms with Crippen LogP contribution in [-0.4, -0.2) is 18.1 Å². The molecule has 0 spiro atoms. The molecular weight excluding hydrogens is 350 g/mol. The van der Waals surface area contributed by atoms with E-state index in [1.807, 2.05) is 42.6 Å². The number of pyridine rings is 1. The molecule has 134 valence electrons. The first-order valence-corrected chi connectivity index (χ1v) is 8.88. The van der Waals surface area contributed by atoms with Gasteiger partial charge in [0.25, 0.3) is 0 Å². The maximum Gasteiger partial charge on any atom is 0.319 e. The minimum Gasteiger partial charge on any atom is -0.493 e. The summed E-state index contributed by atoms with van der Waals surface area (Å²) in [7, 11) is 1.59. The summed E-state index contributed by atoms with van der Waals surface area (Å²) in [6.45, 7) is 2.47. The third kappa shape index (κ3) is 4.73. The standard InChI is InChI=1S/C19H19N3O3S/c1-13-5-7-16(17(10-13)24-2)25-18-8-6-14(11-20-18)22-19(23)21-12-15-4-3-9-26-15/h3-11H,12H2,1-2H3,(H2,21,22,23). The van der Waals surface area contributed by atoms with E-state index < -0.39 is 0 Å². The number of carbonyl (C=O) groups excluding carboxylic acids is 1. The first kappa shape index (κ1) is 17.8. The van der Waals surface area contributed by atoms with E-state index in [0.717, 1.165) is 10.4 Å².